The summed E-state index contributed by atoms with van der Waals surface area (Å²) in [5.74, 6) is 2.85. The van der Waals surface area contributed by atoms with E-state index in [2.05, 4.69) is 0 Å². The summed E-state index contributed by atoms with van der Waals surface area (Å²) in [6.45, 7) is 0.918. The highest BCUT2D eigenvalue weighted by Crippen LogP contribution is 2.44. The van der Waals surface area contributed by atoms with Crippen LogP contribution in [0, 0.1) is 0 Å². The summed E-state index contributed by atoms with van der Waals surface area (Å²) in [5.41, 5.74) is 2.19. The topological polar surface area (TPSA) is 36.9 Å². The zero-order valence-electron chi connectivity index (χ0n) is 17.1. The quantitative estimate of drug-likeness (QED) is 0.363. The van der Waals surface area contributed by atoms with E-state index in [1.165, 1.54) is 0 Å². The van der Waals surface area contributed by atoms with Gasteiger partial charge in [-0.3, -0.25) is 0 Å². The predicted octanol–water partition coefficient (Wildman–Crippen LogP) is 6.02. The Hall–Kier alpha value is -3.66. The van der Waals surface area contributed by atoms with Crippen LogP contribution in [0.5, 0.6) is 23.0 Å². The van der Waals surface area contributed by atoms with Crippen LogP contribution >= 0.6 is 0 Å². The number of benzene rings is 4. The lowest BCUT2D eigenvalue weighted by molar-refractivity contribution is 0.301. The molecule has 4 rings (SSSR count). The van der Waals surface area contributed by atoms with Crippen LogP contribution in [0.4, 0.5) is 0 Å². The first-order valence-corrected chi connectivity index (χ1v) is 9.81. The molecule has 0 radical (unpaired) electrons. The minimum Gasteiger partial charge on any atom is -0.496 e. The van der Waals surface area contributed by atoms with Gasteiger partial charge in [0, 0.05) is 0 Å². The second kappa shape index (κ2) is 9.23. The monoisotopic (exact) mass is 400 g/mol. The van der Waals surface area contributed by atoms with Crippen LogP contribution in [-0.2, 0) is 13.2 Å². The summed E-state index contributed by atoms with van der Waals surface area (Å²) >= 11 is 0. The highest BCUT2D eigenvalue weighted by atomic mass is 16.5. The molecule has 0 saturated heterocycles. The lowest BCUT2D eigenvalue weighted by atomic mass is 10.1. The van der Waals surface area contributed by atoms with E-state index in [1.807, 2.05) is 84.9 Å². The van der Waals surface area contributed by atoms with Gasteiger partial charge in [0.25, 0.3) is 0 Å². The molecule has 0 amide bonds. The van der Waals surface area contributed by atoms with Gasteiger partial charge in [-0.05, 0) is 35.4 Å². The van der Waals surface area contributed by atoms with Crippen LogP contribution in [0.2, 0.25) is 0 Å². The molecular weight excluding hydrogens is 376 g/mol. The lowest BCUT2D eigenvalue weighted by Crippen LogP contribution is -2.01. The SMILES string of the molecule is COc1ccc(OC)c2c(OCc3ccccc3)ccc(OCc3ccccc3)c12. The largest absolute Gasteiger partial charge is 0.496 e. The van der Waals surface area contributed by atoms with Crippen molar-refractivity contribution < 1.29 is 18.9 Å². The summed E-state index contributed by atoms with van der Waals surface area (Å²) in [4.78, 5) is 0. The predicted molar refractivity (Wildman–Crippen MR) is 119 cm³/mol. The molecule has 4 heteroatoms. The zero-order valence-corrected chi connectivity index (χ0v) is 17.1. The maximum atomic E-state index is 6.17. The van der Waals surface area contributed by atoms with Gasteiger partial charge >= 0.3 is 0 Å². The van der Waals surface area contributed by atoms with Crippen molar-refractivity contribution in [2.45, 2.75) is 13.2 Å². The molecule has 0 spiro atoms. The molecule has 0 fully saturated rings. The normalized spacial score (nSPS) is 10.6. The first-order valence-electron chi connectivity index (χ1n) is 9.81. The van der Waals surface area contributed by atoms with Gasteiger partial charge in [0.05, 0.1) is 25.0 Å². The molecule has 152 valence electrons. The molecule has 4 nitrogen and oxygen atoms in total. The molecule has 0 aliphatic carbocycles. The van der Waals surface area contributed by atoms with Crippen LogP contribution in [0.15, 0.2) is 84.9 Å². The molecule has 4 aromatic rings. The van der Waals surface area contributed by atoms with Gasteiger partial charge in [-0.15, -0.1) is 0 Å². The number of methoxy groups -OCH3 is 2. The molecule has 30 heavy (non-hydrogen) atoms. The van der Waals surface area contributed by atoms with Crippen LogP contribution in [0.1, 0.15) is 11.1 Å². The second-order valence-electron chi connectivity index (χ2n) is 6.83. The molecule has 0 saturated carbocycles. The molecule has 0 unspecified atom stereocenters. The molecule has 0 heterocycles. The standard InChI is InChI=1S/C26H24O4/c1-27-21-13-14-22(28-2)26-24(30-18-20-11-7-4-8-12-20)16-15-23(25(21)26)29-17-19-9-5-3-6-10-19/h3-16H,17-18H2,1-2H3. The van der Waals surface area contributed by atoms with Gasteiger partial charge in [0.2, 0.25) is 0 Å². The van der Waals surface area contributed by atoms with E-state index in [9.17, 15) is 0 Å². The third-order valence-electron chi connectivity index (χ3n) is 4.92. The molecule has 0 bridgehead atoms. The molecule has 0 aliphatic heterocycles. The van der Waals surface area contributed by atoms with Crippen LogP contribution in [0.3, 0.4) is 0 Å². The maximum absolute atomic E-state index is 6.17. The van der Waals surface area contributed by atoms with Crippen LogP contribution in [-0.4, -0.2) is 14.2 Å². The number of rotatable bonds is 8. The van der Waals surface area contributed by atoms with E-state index in [1.54, 1.807) is 14.2 Å². The minimum atomic E-state index is 0.459. The van der Waals surface area contributed by atoms with Crippen molar-refractivity contribution in [1.29, 1.82) is 0 Å². The smallest absolute Gasteiger partial charge is 0.131 e. The third-order valence-corrected chi connectivity index (χ3v) is 4.92. The maximum Gasteiger partial charge on any atom is 0.131 e. The Morgan fingerprint density at radius 3 is 1.20 bits per heavy atom. The van der Waals surface area contributed by atoms with Gasteiger partial charge in [0.1, 0.15) is 36.2 Å². The van der Waals surface area contributed by atoms with Crippen molar-refractivity contribution >= 4 is 10.8 Å². The van der Waals surface area contributed by atoms with Crippen LogP contribution < -0.4 is 18.9 Å². The summed E-state index contributed by atoms with van der Waals surface area (Å²) in [5, 5.41) is 1.66. The fraction of sp³-hybridized carbons (Fsp3) is 0.154. The summed E-state index contributed by atoms with van der Waals surface area (Å²) in [7, 11) is 3.31. The first kappa shape index (κ1) is 19.6. The molecule has 0 aliphatic rings. The number of hydrogen-bond acceptors (Lipinski definition) is 4. The van der Waals surface area contributed by atoms with Gasteiger partial charge < -0.3 is 18.9 Å². The van der Waals surface area contributed by atoms with Gasteiger partial charge in [-0.1, -0.05) is 60.7 Å². The number of hydrogen-bond donors (Lipinski definition) is 0. The highest BCUT2D eigenvalue weighted by Gasteiger charge is 2.18. The Balaban J connectivity index is 1.73. The molecular formula is C26H24O4. The average molecular weight is 400 g/mol. The Morgan fingerprint density at radius 2 is 0.833 bits per heavy atom. The fourth-order valence-electron chi connectivity index (χ4n) is 3.42. The first-order chi connectivity index (χ1) is 14.8. The van der Waals surface area contributed by atoms with E-state index in [0.29, 0.717) is 24.7 Å². The average Bonchev–Trinajstić information content (AvgIpc) is 2.82. The van der Waals surface area contributed by atoms with Crippen LogP contribution in [0.25, 0.3) is 10.8 Å². The van der Waals surface area contributed by atoms with Crippen molar-refractivity contribution in [2.24, 2.45) is 0 Å². The molecule has 0 atom stereocenters. The molecule has 0 aromatic heterocycles. The van der Waals surface area contributed by atoms with Crippen molar-refractivity contribution in [1.82, 2.24) is 0 Å². The number of ether oxygens (including phenoxy) is 4. The molecule has 0 N–H and O–H groups in total. The van der Waals surface area contributed by atoms with Crippen molar-refractivity contribution in [3.8, 4) is 23.0 Å². The van der Waals surface area contributed by atoms with E-state index in [0.717, 1.165) is 33.4 Å². The van der Waals surface area contributed by atoms with Crippen molar-refractivity contribution in [2.75, 3.05) is 14.2 Å². The molecule has 4 aromatic carbocycles. The Labute approximate surface area is 176 Å². The van der Waals surface area contributed by atoms with E-state index in [-0.39, 0.29) is 0 Å². The minimum absolute atomic E-state index is 0.459. The van der Waals surface area contributed by atoms with Gasteiger partial charge in [-0.2, -0.15) is 0 Å². The summed E-state index contributed by atoms with van der Waals surface area (Å²) in [6, 6.07) is 27.8. The lowest BCUT2D eigenvalue weighted by Gasteiger charge is -2.18. The number of fused-ring (bicyclic) bond motifs is 1. The Bertz CT molecular complexity index is 1020. The van der Waals surface area contributed by atoms with Gasteiger partial charge in [-0.25, -0.2) is 0 Å². The van der Waals surface area contributed by atoms with Crippen molar-refractivity contribution in [3.63, 3.8) is 0 Å². The second-order valence-corrected chi connectivity index (χ2v) is 6.83. The highest BCUT2D eigenvalue weighted by molar-refractivity contribution is 6.02. The summed E-state index contributed by atoms with van der Waals surface area (Å²) < 4.78 is 23.6. The van der Waals surface area contributed by atoms with E-state index < -0.39 is 0 Å². The summed E-state index contributed by atoms with van der Waals surface area (Å²) in [6.07, 6.45) is 0. The van der Waals surface area contributed by atoms with E-state index >= 15 is 0 Å². The van der Waals surface area contributed by atoms with Gasteiger partial charge in [0.15, 0.2) is 0 Å². The Kier molecular flexibility index (Phi) is 6.04. The third kappa shape index (κ3) is 4.18. The van der Waals surface area contributed by atoms with Crippen molar-refractivity contribution in [3.05, 3.63) is 96.1 Å². The Morgan fingerprint density at radius 1 is 0.467 bits per heavy atom. The van der Waals surface area contributed by atoms with E-state index in [4.69, 9.17) is 18.9 Å². The zero-order chi connectivity index (χ0) is 20.8. The fourth-order valence-corrected chi connectivity index (χ4v) is 3.42.